The van der Waals surface area contributed by atoms with Gasteiger partial charge in [-0.25, -0.2) is 14.0 Å². The van der Waals surface area contributed by atoms with E-state index >= 15 is 0 Å². The van der Waals surface area contributed by atoms with Gasteiger partial charge in [0.15, 0.2) is 0 Å². The second-order valence-electron chi connectivity index (χ2n) is 3.13. The topological polar surface area (TPSA) is 74.6 Å². The molecule has 0 saturated carbocycles. The summed E-state index contributed by atoms with van der Waals surface area (Å²) in [6.45, 7) is 1.32. The zero-order chi connectivity index (χ0) is 10.9. The number of carboxylic acids is 2. The van der Waals surface area contributed by atoms with Crippen molar-refractivity contribution >= 4 is 11.9 Å². The van der Waals surface area contributed by atoms with Crippen molar-refractivity contribution in [1.82, 2.24) is 0 Å². The third-order valence-corrected chi connectivity index (χ3v) is 2.21. The molecule has 1 unspecified atom stereocenters. The van der Waals surface area contributed by atoms with Crippen molar-refractivity contribution in [2.24, 2.45) is 0 Å². The lowest BCUT2D eigenvalue weighted by atomic mass is 9.85. The average Bonchev–Trinajstić information content (AvgIpc) is 2.09. The minimum absolute atomic E-state index is 0.00926. The van der Waals surface area contributed by atoms with Gasteiger partial charge in [-0.1, -0.05) is 12.2 Å². The summed E-state index contributed by atoms with van der Waals surface area (Å²) < 4.78 is 13.7. The van der Waals surface area contributed by atoms with Crippen LogP contribution < -0.4 is 0 Å². The highest BCUT2D eigenvalue weighted by Crippen LogP contribution is 2.33. The van der Waals surface area contributed by atoms with Crippen molar-refractivity contribution in [3.63, 3.8) is 0 Å². The molecular formula is C9H9FO4. The van der Waals surface area contributed by atoms with Crippen molar-refractivity contribution in [2.45, 2.75) is 19.0 Å². The summed E-state index contributed by atoms with van der Waals surface area (Å²) in [6.07, 6.45) is 1.78. The van der Waals surface area contributed by atoms with E-state index in [0.717, 1.165) is 0 Å². The Balaban J connectivity index is 3.09. The molecule has 0 fully saturated rings. The summed E-state index contributed by atoms with van der Waals surface area (Å²) in [5.41, 5.74) is -2.81. The maximum Gasteiger partial charge on any atom is 0.346 e. The molecule has 0 heterocycles. The van der Waals surface area contributed by atoms with E-state index in [1.807, 2.05) is 0 Å². The van der Waals surface area contributed by atoms with Gasteiger partial charge < -0.3 is 10.2 Å². The lowest BCUT2D eigenvalue weighted by molar-refractivity contribution is -0.148. The molecular weight excluding hydrogens is 191 g/mol. The third-order valence-electron chi connectivity index (χ3n) is 2.21. The van der Waals surface area contributed by atoms with E-state index in [1.165, 1.54) is 19.1 Å². The molecule has 0 aromatic rings. The summed E-state index contributed by atoms with van der Waals surface area (Å²) in [7, 11) is 0. The van der Waals surface area contributed by atoms with Gasteiger partial charge in [0.05, 0.1) is 0 Å². The van der Waals surface area contributed by atoms with Gasteiger partial charge in [0, 0.05) is 12.0 Å². The lowest BCUT2D eigenvalue weighted by Gasteiger charge is -2.24. The maximum absolute atomic E-state index is 13.7. The molecule has 76 valence electrons. The molecule has 0 aromatic carbocycles. The van der Waals surface area contributed by atoms with Crippen LogP contribution in [0.3, 0.4) is 0 Å². The van der Waals surface area contributed by atoms with Crippen LogP contribution in [0.25, 0.3) is 0 Å². The molecule has 0 amide bonds. The van der Waals surface area contributed by atoms with E-state index in [4.69, 9.17) is 10.2 Å². The van der Waals surface area contributed by atoms with E-state index in [2.05, 4.69) is 0 Å². The Kier molecular flexibility index (Phi) is 2.42. The number of alkyl halides is 1. The van der Waals surface area contributed by atoms with Crippen LogP contribution >= 0.6 is 0 Å². The van der Waals surface area contributed by atoms with Gasteiger partial charge in [-0.2, -0.15) is 0 Å². The summed E-state index contributed by atoms with van der Waals surface area (Å²) in [5, 5.41) is 17.2. The first kappa shape index (κ1) is 10.4. The fraction of sp³-hybridized carbons (Fsp3) is 0.333. The van der Waals surface area contributed by atoms with Gasteiger partial charge >= 0.3 is 11.9 Å². The summed E-state index contributed by atoms with van der Waals surface area (Å²) in [5.74, 6) is -2.95. The van der Waals surface area contributed by atoms with Crippen LogP contribution in [0.5, 0.6) is 0 Å². The van der Waals surface area contributed by atoms with Crippen molar-refractivity contribution in [2.75, 3.05) is 0 Å². The Morgan fingerprint density at radius 3 is 2.43 bits per heavy atom. The first-order chi connectivity index (χ1) is 6.38. The molecule has 0 aromatic heterocycles. The molecule has 1 atom stereocenters. The van der Waals surface area contributed by atoms with Crippen LogP contribution in [-0.2, 0) is 9.59 Å². The first-order valence-corrected chi connectivity index (χ1v) is 3.91. The van der Waals surface area contributed by atoms with E-state index in [0.29, 0.717) is 0 Å². The van der Waals surface area contributed by atoms with Gasteiger partial charge in [-0.05, 0) is 12.5 Å². The van der Waals surface area contributed by atoms with Crippen LogP contribution in [0.15, 0.2) is 23.3 Å². The molecule has 1 aliphatic rings. The Morgan fingerprint density at radius 1 is 1.43 bits per heavy atom. The average molecular weight is 200 g/mol. The van der Waals surface area contributed by atoms with Gasteiger partial charge in [-0.15, -0.1) is 0 Å². The Bertz CT molecular complexity index is 356. The van der Waals surface area contributed by atoms with E-state index < -0.39 is 24.0 Å². The molecule has 1 rings (SSSR count). The highest BCUT2D eigenvalue weighted by Gasteiger charge is 2.43. The molecule has 2 N–H and O–H groups in total. The number of hydrogen-bond donors (Lipinski definition) is 2. The molecule has 4 nitrogen and oxygen atoms in total. The number of aliphatic carboxylic acids is 2. The molecule has 0 radical (unpaired) electrons. The summed E-state index contributed by atoms with van der Waals surface area (Å²) >= 11 is 0. The largest absolute Gasteiger partial charge is 0.479 e. The number of carboxylic acid groups (broad SMARTS) is 2. The monoisotopic (exact) mass is 200 g/mol. The van der Waals surface area contributed by atoms with Crippen LogP contribution in [0.1, 0.15) is 13.3 Å². The normalized spacial score (nSPS) is 26.4. The molecule has 0 spiro atoms. The van der Waals surface area contributed by atoms with Crippen molar-refractivity contribution < 1.29 is 24.2 Å². The summed E-state index contributed by atoms with van der Waals surface area (Å²) in [4.78, 5) is 21.1. The lowest BCUT2D eigenvalue weighted by Crippen LogP contribution is -2.37. The van der Waals surface area contributed by atoms with Crippen molar-refractivity contribution in [3.8, 4) is 0 Å². The van der Waals surface area contributed by atoms with Gasteiger partial charge in [-0.3, -0.25) is 0 Å². The minimum Gasteiger partial charge on any atom is -0.479 e. The molecule has 0 saturated heterocycles. The van der Waals surface area contributed by atoms with E-state index in [-0.39, 0.29) is 11.1 Å². The number of halogens is 1. The Hall–Kier alpha value is -1.65. The van der Waals surface area contributed by atoms with Crippen LogP contribution in [0.4, 0.5) is 4.39 Å². The minimum atomic E-state index is -2.58. The molecule has 1 aliphatic carbocycles. The van der Waals surface area contributed by atoms with E-state index in [9.17, 15) is 14.0 Å². The van der Waals surface area contributed by atoms with Gasteiger partial charge in [0.1, 0.15) is 0 Å². The predicted octanol–water partition coefficient (Wildman–Crippen LogP) is 1.14. The Morgan fingerprint density at radius 2 is 2.00 bits per heavy atom. The Labute approximate surface area is 79.4 Å². The summed E-state index contributed by atoms with van der Waals surface area (Å²) in [6, 6.07) is 0. The predicted molar refractivity (Wildman–Crippen MR) is 45.6 cm³/mol. The second kappa shape index (κ2) is 3.25. The molecule has 5 heteroatoms. The van der Waals surface area contributed by atoms with Crippen LogP contribution in [0, 0.1) is 0 Å². The van der Waals surface area contributed by atoms with E-state index in [1.54, 1.807) is 0 Å². The van der Waals surface area contributed by atoms with Gasteiger partial charge in [0.2, 0.25) is 5.67 Å². The smallest absolute Gasteiger partial charge is 0.346 e. The first-order valence-electron chi connectivity index (χ1n) is 3.91. The molecule has 0 bridgehead atoms. The standard InChI is InChI=1S/C9H9FO4/c1-5-2-3-6(7(11)12)4-9(5,10)8(13)14/h2-3H,4H2,1H3,(H,11,12)(H,13,14). The highest BCUT2D eigenvalue weighted by atomic mass is 19.1. The number of rotatable bonds is 2. The number of allylic oxidation sites excluding steroid dienone is 2. The number of carbonyl (C=O) groups is 2. The second-order valence-corrected chi connectivity index (χ2v) is 3.13. The highest BCUT2D eigenvalue weighted by molar-refractivity contribution is 5.91. The number of hydrogen-bond acceptors (Lipinski definition) is 2. The van der Waals surface area contributed by atoms with Crippen molar-refractivity contribution in [3.05, 3.63) is 23.3 Å². The van der Waals surface area contributed by atoms with Crippen LogP contribution in [-0.4, -0.2) is 27.8 Å². The maximum atomic E-state index is 13.7. The van der Waals surface area contributed by atoms with Crippen molar-refractivity contribution in [1.29, 1.82) is 0 Å². The SMILES string of the molecule is CC1=CC=C(C(=O)O)CC1(F)C(=O)O. The molecule has 0 aliphatic heterocycles. The van der Waals surface area contributed by atoms with Gasteiger partial charge in [0.25, 0.3) is 0 Å². The molecule has 14 heavy (non-hydrogen) atoms. The third kappa shape index (κ3) is 1.53. The zero-order valence-electron chi connectivity index (χ0n) is 7.45. The zero-order valence-corrected chi connectivity index (χ0v) is 7.45. The fourth-order valence-electron chi connectivity index (χ4n) is 1.21. The quantitative estimate of drug-likeness (QED) is 0.700. The fourth-order valence-corrected chi connectivity index (χ4v) is 1.21. The van der Waals surface area contributed by atoms with Crippen LogP contribution in [0.2, 0.25) is 0 Å².